The zero-order valence-corrected chi connectivity index (χ0v) is 16.2. The van der Waals surface area contributed by atoms with E-state index >= 15 is 0 Å². The minimum atomic E-state index is 0.0202. The number of carbonyl (C=O) groups excluding carboxylic acids is 1. The maximum absolute atomic E-state index is 12.5. The summed E-state index contributed by atoms with van der Waals surface area (Å²) < 4.78 is 5.16. The number of nitrogens with zero attached hydrogens (tertiary/aromatic N) is 1. The molecule has 0 spiro atoms. The molecular weight excluding hydrogens is 344 g/mol. The predicted molar refractivity (Wildman–Crippen MR) is 108 cm³/mol. The number of hydrogen-bond donors (Lipinski definition) is 1. The molecule has 138 valence electrons. The monoisotopic (exact) mass is 370 g/mol. The van der Waals surface area contributed by atoms with Crippen LogP contribution in [-0.4, -0.2) is 36.9 Å². The number of methoxy groups -OCH3 is 1. The summed E-state index contributed by atoms with van der Waals surface area (Å²) >= 11 is 1.96. The minimum Gasteiger partial charge on any atom is -0.497 e. The molecule has 0 saturated carbocycles. The molecule has 0 aromatic heterocycles. The van der Waals surface area contributed by atoms with E-state index in [4.69, 9.17) is 4.74 Å². The second-order valence-electron chi connectivity index (χ2n) is 6.50. The number of benzene rings is 2. The molecule has 2 aromatic carbocycles. The van der Waals surface area contributed by atoms with Gasteiger partial charge in [0, 0.05) is 30.6 Å². The first-order valence-electron chi connectivity index (χ1n) is 9.00. The Morgan fingerprint density at radius 2 is 1.96 bits per heavy atom. The van der Waals surface area contributed by atoms with Crippen molar-refractivity contribution in [3.8, 4) is 5.75 Å². The third-order valence-electron chi connectivity index (χ3n) is 4.77. The number of thioether (sulfide) groups is 1. The second kappa shape index (κ2) is 8.99. The topological polar surface area (TPSA) is 41.6 Å². The maximum atomic E-state index is 12.5. The molecule has 1 heterocycles. The van der Waals surface area contributed by atoms with Crippen LogP contribution in [0.5, 0.6) is 5.75 Å². The van der Waals surface area contributed by atoms with Gasteiger partial charge in [-0.05, 0) is 42.2 Å². The molecule has 1 fully saturated rings. The summed E-state index contributed by atoms with van der Waals surface area (Å²) in [5.41, 5.74) is 3.81. The summed E-state index contributed by atoms with van der Waals surface area (Å²) in [7, 11) is 1.65. The van der Waals surface area contributed by atoms with Crippen molar-refractivity contribution in [2.45, 2.75) is 25.1 Å². The van der Waals surface area contributed by atoms with Crippen LogP contribution in [0.1, 0.15) is 28.4 Å². The number of ether oxygens (including phenoxy) is 1. The van der Waals surface area contributed by atoms with Crippen LogP contribution in [0.2, 0.25) is 0 Å². The summed E-state index contributed by atoms with van der Waals surface area (Å²) in [6.45, 7) is 4.29. The Bertz CT molecular complexity index is 733. The van der Waals surface area contributed by atoms with E-state index in [9.17, 15) is 4.79 Å². The molecule has 1 aliphatic heterocycles. The first-order chi connectivity index (χ1) is 12.7. The van der Waals surface area contributed by atoms with E-state index in [2.05, 4.69) is 36.5 Å². The van der Waals surface area contributed by atoms with Crippen LogP contribution in [0.15, 0.2) is 48.5 Å². The minimum absolute atomic E-state index is 0.0202. The molecule has 1 aliphatic rings. The molecule has 0 aliphatic carbocycles. The van der Waals surface area contributed by atoms with Gasteiger partial charge in [0.25, 0.3) is 0 Å². The van der Waals surface area contributed by atoms with Crippen molar-refractivity contribution in [1.82, 2.24) is 10.2 Å². The summed E-state index contributed by atoms with van der Waals surface area (Å²) in [6.07, 6.45) is 0.992. The van der Waals surface area contributed by atoms with Crippen molar-refractivity contribution in [2.24, 2.45) is 0 Å². The number of rotatable bonds is 4. The highest BCUT2D eigenvalue weighted by molar-refractivity contribution is 7.99. The van der Waals surface area contributed by atoms with E-state index in [1.807, 2.05) is 40.9 Å². The predicted octanol–water partition coefficient (Wildman–Crippen LogP) is 4.39. The van der Waals surface area contributed by atoms with E-state index in [0.29, 0.717) is 11.8 Å². The smallest absolute Gasteiger partial charge is 0.317 e. The first-order valence-corrected chi connectivity index (χ1v) is 10.0. The van der Waals surface area contributed by atoms with Gasteiger partial charge in [-0.3, -0.25) is 0 Å². The summed E-state index contributed by atoms with van der Waals surface area (Å²) in [5.74, 6) is 1.79. The van der Waals surface area contributed by atoms with Gasteiger partial charge in [0.05, 0.1) is 7.11 Å². The number of nitrogens with one attached hydrogen (secondary N) is 1. The molecule has 5 heteroatoms. The van der Waals surface area contributed by atoms with Crippen molar-refractivity contribution in [1.29, 1.82) is 0 Å². The molecule has 2 amide bonds. The molecule has 0 radical (unpaired) electrons. The Morgan fingerprint density at radius 1 is 1.19 bits per heavy atom. The van der Waals surface area contributed by atoms with Crippen LogP contribution in [-0.2, 0) is 6.54 Å². The van der Waals surface area contributed by atoms with Gasteiger partial charge >= 0.3 is 6.03 Å². The number of aryl methyl sites for hydroxylation is 1. The molecule has 0 bridgehead atoms. The van der Waals surface area contributed by atoms with Gasteiger partial charge in [-0.25, -0.2) is 4.79 Å². The normalized spacial score (nSPS) is 17.5. The van der Waals surface area contributed by atoms with Crippen molar-refractivity contribution in [2.75, 3.05) is 26.0 Å². The molecule has 1 atom stereocenters. The second-order valence-corrected chi connectivity index (χ2v) is 7.81. The molecule has 2 aromatic rings. The van der Waals surface area contributed by atoms with Crippen LogP contribution in [0.3, 0.4) is 0 Å². The Balaban J connectivity index is 1.53. The van der Waals surface area contributed by atoms with E-state index in [-0.39, 0.29) is 6.03 Å². The zero-order chi connectivity index (χ0) is 18.4. The van der Waals surface area contributed by atoms with Gasteiger partial charge in [-0.15, -0.1) is 0 Å². The standard InChI is InChI=1S/C21H26N2O2S/c1-16-5-3-4-6-19(16)20-11-12-23(13-14-26-20)21(24)22-15-17-7-9-18(25-2)10-8-17/h3-10,20H,11-15H2,1-2H3,(H,22,24). The lowest BCUT2D eigenvalue weighted by Crippen LogP contribution is -2.40. The largest absolute Gasteiger partial charge is 0.497 e. The average Bonchev–Trinajstić information content (AvgIpc) is 2.93. The summed E-state index contributed by atoms with van der Waals surface area (Å²) in [6, 6.07) is 16.4. The lowest BCUT2D eigenvalue weighted by molar-refractivity contribution is 0.200. The molecule has 1 unspecified atom stereocenters. The fourth-order valence-corrected chi connectivity index (χ4v) is 4.53. The van der Waals surface area contributed by atoms with Gasteiger partial charge in [0.2, 0.25) is 0 Å². The molecule has 1 saturated heterocycles. The van der Waals surface area contributed by atoms with Crippen LogP contribution in [0.4, 0.5) is 4.79 Å². The van der Waals surface area contributed by atoms with E-state index in [1.54, 1.807) is 7.11 Å². The third kappa shape index (κ3) is 4.73. The molecule has 4 nitrogen and oxygen atoms in total. The van der Waals surface area contributed by atoms with Crippen LogP contribution < -0.4 is 10.1 Å². The van der Waals surface area contributed by atoms with Crippen molar-refractivity contribution < 1.29 is 9.53 Å². The molecule has 1 N–H and O–H groups in total. The number of urea groups is 1. The number of hydrogen-bond acceptors (Lipinski definition) is 3. The number of amides is 2. The highest BCUT2D eigenvalue weighted by Crippen LogP contribution is 2.35. The average molecular weight is 371 g/mol. The van der Waals surface area contributed by atoms with Crippen molar-refractivity contribution in [3.05, 3.63) is 65.2 Å². The van der Waals surface area contributed by atoms with Crippen LogP contribution in [0.25, 0.3) is 0 Å². The maximum Gasteiger partial charge on any atom is 0.317 e. The Hall–Kier alpha value is -2.14. The zero-order valence-electron chi connectivity index (χ0n) is 15.4. The Labute approximate surface area is 159 Å². The van der Waals surface area contributed by atoms with Gasteiger partial charge in [0.1, 0.15) is 5.75 Å². The lowest BCUT2D eigenvalue weighted by atomic mass is 10.0. The fraction of sp³-hybridized carbons (Fsp3) is 0.381. The van der Waals surface area contributed by atoms with Crippen molar-refractivity contribution >= 4 is 17.8 Å². The first kappa shape index (κ1) is 18.6. The van der Waals surface area contributed by atoms with Crippen LogP contribution >= 0.6 is 11.8 Å². The third-order valence-corrected chi connectivity index (χ3v) is 6.08. The van der Waals surface area contributed by atoms with Crippen LogP contribution in [0, 0.1) is 6.92 Å². The van der Waals surface area contributed by atoms with E-state index in [1.165, 1.54) is 11.1 Å². The Kier molecular flexibility index (Phi) is 6.45. The molecule has 3 rings (SSSR count). The van der Waals surface area contributed by atoms with Crippen molar-refractivity contribution in [3.63, 3.8) is 0 Å². The van der Waals surface area contributed by atoms with Gasteiger partial charge < -0.3 is 15.0 Å². The van der Waals surface area contributed by atoms with Gasteiger partial charge in [-0.1, -0.05) is 36.4 Å². The highest BCUT2D eigenvalue weighted by atomic mass is 32.2. The fourth-order valence-electron chi connectivity index (χ4n) is 3.20. The van der Waals surface area contributed by atoms with E-state index in [0.717, 1.165) is 36.6 Å². The van der Waals surface area contributed by atoms with E-state index < -0.39 is 0 Å². The quantitative estimate of drug-likeness (QED) is 0.868. The summed E-state index contributed by atoms with van der Waals surface area (Å²) in [5, 5.41) is 3.50. The Morgan fingerprint density at radius 3 is 2.69 bits per heavy atom. The highest BCUT2D eigenvalue weighted by Gasteiger charge is 2.22. The number of carbonyl (C=O) groups is 1. The SMILES string of the molecule is COc1ccc(CNC(=O)N2CCSC(c3ccccc3C)CC2)cc1. The molecular formula is C21H26N2O2S. The molecule has 26 heavy (non-hydrogen) atoms. The van der Waals surface area contributed by atoms with Gasteiger partial charge in [-0.2, -0.15) is 11.8 Å². The summed E-state index contributed by atoms with van der Waals surface area (Å²) in [4.78, 5) is 14.5. The van der Waals surface area contributed by atoms with Gasteiger partial charge in [0.15, 0.2) is 0 Å². The lowest BCUT2D eigenvalue weighted by Gasteiger charge is -2.21.